The third kappa shape index (κ3) is 3.12. The fourth-order valence-electron chi connectivity index (χ4n) is 2.39. The maximum Gasteiger partial charge on any atom is 0.411 e. The highest BCUT2D eigenvalue weighted by Gasteiger charge is 2.26. The second-order valence-electron chi connectivity index (χ2n) is 4.61. The van der Waals surface area contributed by atoms with Gasteiger partial charge in [0.2, 0.25) is 0 Å². The van der Waals surface area contributed by atoms with Crippen molar-refractivity contribution in [3.05, 3.63) is 16.0 Å². The zero-order valence-corrected chi connectivity index (χ0v) is 12.6. The van der Waals surface area contributed by atoms with Gasteiger partial charge < -0.3 is 9.47 Å². The van der Waals surface area contributed by atoms with Crippen LogP contribution < -0.4 is 5.32 Å². The highest BCUT2D eigenvalue weighted by atomic mass is 32.1. The van der Waals surface area contributed by atoms with Crippen molar-refractivity contribution in [2.24, 2.45) is 0 Å². The number of nitrogens with one attached hydrogen (secondary N) is 1. The highest BCUT2D eigenvalue weighted by Crippen LogP contribution is 2.38. The molecule has 1 amide bonds. The zero-order chi connectivity index (χ0) is 14.5. The first-order chi connectivity index (χ1) is 9.67. The minimum Gasteiger partial charge on any atom is -0.462 e. The van der Waals surface area contributed by atoms with E-state index in [0.717, 1.165) is 31.2 Å². The monoisotopic (exact) mass is 297 g/mol. The summed E-state index contributed by atoms with van der Waals surface area (Å²) in [5.41, 5.74) is 1.55. The maximum absolute atomic E-state index is 12.2. The van der Waals surface area contributed by atoms with Crippen molar-refractivity contribution in [2.45, 2.75) is 39.0 Å². The van der Waals surface area contributed by atoms with Gasteiger partial charge in [0.15, 0.2) is 0 Å². The van der Waals surface area contributed by atoms with E-state index in [2.05, 4.69) is 10.1 Å². The number of anilines is 1. The molecule has 1 aliphatic carbocycles. The Morgan fingerprint density at radius 3 is 2.70 bits per heavy atom. The first kappa shape index (κ1) is 14.8. The van der Waals surface area contributed by atoms with Crippen LogP contribution in [0.15, 0.2) is 0 Å². The second-order valence-corrected chi connectivity index (χ2v) is 5.71. The van der Waals surface area contributed by atoms with Gasteiger partial charge in [-0.05, 0) is 38.2 Å². The van der Waals surface area contributed by atoms with Gasteiger partial charge in [0.25, 0.3) is 0 Å². The van der Waals surface area contributed by atoms with E-state index in [1.54, 1.807) is 6.92 Å². The second kappa shape index (κ2) is 6.74. The van der Waals surface area contributed by atoms with Crippen LogP contribution in [0.4, 0.5) is 9.80 Å². The molecule has 0 saturated carbocycles. The standard InChI is InChI=1S/C14H19NO4S/c1-3-19-13(16)11-9-7-5-4-6-8-10(9)20-12(11)15-14(17)18-2/h3-8H2,1-2H3,(H,15,17). The molecule has 0 fully saturated rings. The third-order valence-corrected chi connectivity index (χ3v) is 4.51. The number of esters is 1. The molecule has 20 heavy (non-hydrogen) atoms. The van der Waals surface area contributed by atoms with Crippen molar-refractivity contribution in [3.8, 4) is 0 Å². The van der Waals surface area contributed by atoms with Gasteiger partial charge in [0.05, 0.1) is 19.3 Å². The van der Waals surface area contributed by atoms with Gasteiger partial charge in [-0.25, -0.2) is 9.59 Å². The Labute approximate surface area is 122 Å². The molecule has 0 aromatic carbocycles. The summed E-state index contributed by atoms with van der Waals surface area (Å²) < 4.78 is 9.73. The van der Waals surface area contributed by atoms with Gasteiger partial charge in [0, 0.05) is 4.88 Å². The largest absolute Gasteiger partial charge is 0.462 e. The number of methoxy groups -OCH3 is 1. The number of carbonyl (C=O) groups is 2. The minimum absolute atomic E-state index is 0.321. The van der Waals surface area contributed by atoms with Crippen molar-refractivity contribution in [1.82, 2.24) is 0 Å². The molecule has 0 radical (unpaired) electrons. The van der Waals surface area contributed by atoms with Gasteiger partial charge in [-0.15, -0.1) is 11.3 Å². The summed E-state index contributed by atoms with van der Waals surface area (Å²) in [6, 6.07) is 0. The van der Waals surface area contributed by atoms with Gasteiger partial charge in [-0.1, -0.05) is 6.42 Å². The fraction of sp³-hybridized carbons (Fsp3) is 0.571. The molecule has 5 nitrogen and oxygen atoms in total. The van der Waals surface area contributed by atoms with E-state index in [0.29, 0.717) is 17.2 Å². The molecule has 1 aromatic rings. The lowest BCUT2D eigenvalue weighted by molar-refractivity contribution is 0.0527. The van der Waals surface area contributed by atoms with E-state index in [4.69, 9.17) is 4.74 Å². The zero-order valence-electron chi connectivity index (χ0n) is 11.8. The van der Waals surface area contributed by atoms with Crippen LogP contribution in [0.1, 0.15) is 47.0 Å². The Kier molecular flexibility index (Phi) is 5.00. The molecular formula is C14H19NO4S. The lowest BCUT2D eigenvalue weighted by Gasteiger charge is -2.07. The first-order valence-electron chi connectivity index (χ1n) is 6.84. The smallest absolute Gasteiger partial charge is 0.411 e. The summed E-state index contributed by atoms with van der Waals surface area (Å²) in [5, 5.41) is 3.18. The number of hydrogen-bond donors (Lipinski definition) is 1. The molecule has 0 spiro atoms. The molecule has 0 saturated heterocycles. The fourth-order valence-corrected chi connectivity index (χ4v) is 3.66. The van der Waals surface area contributed by atoms with Crippen LogP contribution in [-0.4, -0.2) is 25.8 Å². The van der Waals surface area contributed by atoms with Crippen LogP contribution >= 0.6 is 11.3 Å². The molecule has 1 aliphatic rings. The third-order valence-electron chi connectivity index (χ3n) is 3.30. The highest BCUT2D eigenvalue weighted by molar-refractivity contribution is 7.17. The maximum atomic E-state index is 12.2. The van der Waals surface area contributed by atoms with Gasteiger partial charge >= 0.3 is 12.1 Å². The lowest BCUT2D eigenvalue weighted by atomic mass is 10.1. The topological polar surface area (TPSA) is 64.6 Å². The van der Waals surface area contributed by atoms with Crippen LogP contribution in [0.3, 0.4) is 0 Å². The summed E-state index contributed by atoms with van der Waals surface area (Å²) in [5.74, 6) is -0.363. The quantitative estimate of drug-likeness (QED) is 0.686. The minimum atomic E-state index is -0.563. The van der Waals surface area contributed by atoms with Gasteiger partial charge in [-0.3, -0.25) is 5.32 Å². The Morgan fingerprint density at radius 1 is 1.25 bits per heavy atom. The number of rotatable bonds is 3. The number of hydrogen-bond acceptors (Lipinski definition) is 5. The number of amides is 1. The predicted octanol–water partition coefficient (Wildman–Crippen LogP) is 3.37. The number of carbonyl (C=O) groups excluding carboxylic acids is 2. The summed E-state index contributed by atoms with van der Waals surface area (Å²) in [6.45, 7) is 2.09. The number of ether oxygens (including phenoxy) is 2. The molecule has 1 aromatic heterocycles. The molecule has 1 heterocycles. The van der Waals surface area contributed by atoms with Crippen LogP contribution in [0.25, 0.3) is 0 Å². The van der Waals surface area contributed by atoms with Gasteiger partial charge in [-0.2, -0.15) is 0 Å². The van der Waals surface area contributed by atoms with E-state index >= 15 is 0 Å². The average Bonchev–Trinajstić information content (AvgIpc) is 2.60. The Hall–Kier alpha value is -1.56. The predicted molar refractivity (Wildman–Crippen MR) is 77.6 cm³/mol. The molecule has 2 rings (SSSR count). The summed E-state index contributed by atoms with van der Waals surface area (Å²) in [7, 11) is 1.30. The molecule has 0 aliphatic heterocycles. The first-order valence-corrected chi connectivity index (χ1v) is 7.65. The van der Waals surface area contributed by atoms with Crippen molar-refractivity contribution in [3.63, 3.8) is 0 Å². The van der Waals surface area contributed by atoms with Gasteiger partial charge in [0.1, 0.15) is 5.00 Å². The summed E-state index contributed by atoms with van der Waals surface area (Å²) in [6.07, 6.45) is 4.61. The number of thiophene rings is 1. The van der Waals surface area contributed by atoms with Crippen molar-refractivity contribution in [2.75, 3.05) is 19.0 Å². The van der Waals surface area contributed by atoms with E-state index < -0.39 is 6.09 Å². The lowest BCUT2D eigenvalue weighted by Crippen LogP contribution is -2.14. The normalized spacial score (nSPS) is 14.1. The van der Waals surface area contributed by atoms with Crippen LogP contribution in [0.5, 0.6) is 0 Å². The van der Waals surface area contributed by atoms with Crippen LogP contribution in [0, 0.1) is 0 Å². The number of fused-ring (bicyclic) bond motifs is 1. The van der Waals surface area contributed by atoms with Crippen molar-refractivity contribution < 1.29 is 19.1 Å². The van der Waals surface area contributed by atoms with Crippen molar-refractivity contribution in [1.29, 1.82) is 0 Å². The number of aryl methyl sites for hydroxylation is 1. The molecule has 0 atom stereocenters. The Balaban J connectivity index is 2.39. The molecule has 0 bridgehead atoms. The average molecular weight is 297 g/mol. The molecular weight excluding hydrogens is 278 g/mol. The molecule has 6 heteroatoms. The summed E-state index contributed by atoms with van der Waals surface area (Å²) in [4.78, 5) is 24.8. The Morgan fingerprint density at radius 2 is 2.00 bits per heavy atom. The van der Waals surface area contributed by atoms with Crippen LogP contribution in [0.2, 0.25) is 0 Å². The van der Waals surface area contributed by atoms with E-state index in [9.17, 15) is 9.59 Å². The van der Waals surface area contributed by atoms with Crippen LogP contribution in [-0.2, 0) is 22.3 Å². The van der Waals surface area contributed by atoms with E-state index in [1.165, 1.54) is 29.7 Å². The van der Waals surface area contributed by atoms with Crippen molar-refractivity contribution >= 4 is 28.4 Å². The SMILES string of the molecule is CCOC(=O)c1c(NC(=O)OC)sc2c1CCCCC2. The van der Waals surface area contributed by atoms with E-state index in [1.807, 2.05) is 0 Å². The molecule has 1 N–H and O–H groups in total. The Bertz CT molecular complexity index is 510. The van der Waals surface area contributed by atoms with E-state index in [-0.39, 0.29) is 5.97 Å². The molecule has 110 valence electrons. The summed E-state index contributed by atoms with van der Waals surface area (Å²) >= 11 is 1.46. The molecule has 0 unspecified atom stereocenters.